The first-order valence-corrected chi connectivity index (χ1v) is 2.74. The second-order valence-corrected chi connectivity index (χ2v) is 2.16. The molecule has 0 aromatic heterocycles. The van der Waals surface area contributed by atoms with Crippen molar-refractivity contribution in [2.75, 3.05) is 0 Å². The van der Waals surface area contributed by atoms with Gasteiger partial charge in [0.25, 0.3) is 0 Å². The molecule has 1 aliphatic rings. The minimum absolute atomic E-state index is 0.0694. The Balaban J connectivity index is 2.33. The second-order valence-electron chi connectivity index (χ2n) is 2.16. The van der Waals surface area contributed by atoms with Crippen LogP contribution in [0.15, 0.2) is 0 Å². The van der Waals surface area contributed by atoms with Crippen LogP contribution in [-0.2, 0) is 0 Å². The summed E-state index contributed by atoms with van der Waals surface area (Å²) in [7, 11) is 0. The van der Waals surface area contributed by atoms with Crippen molar-refractivity contribution in [2.45, 2.75) is 31.4 Å². The van der Waals surface area contributed by atoms with Crippen LogP contribution in [0, 0.1) is 0 Å². The summed E-state index contributed by atoms with van der Waals surface area (Å²) in [5.74, 6) is 0. The van der Waals surface area contributed by atoms with Gasteiger partial charge in [0.1, 0.15) is 0 Å². The maximum atomic E-state index is 8.87. The third kappa shape index (κ3) is 0.924. The number of rotatable bonds is 0. The normalized spacial score (nSPS) is 42.0. The van der Waals surface area contributed by atoms with Gasteiger partial charge in [-0.3, -0.25) is 0 Å². The third-order valence-corrected chi connectivity index (χ3v) is 1.53. The highest BCUT2D eigenvalue weighted by Gasteiger charge is 2.20. The topological polar surface area (TPSA) is 46.2 Å². The van der Waals surface area contributed by atoms with E-state index in [1.165, 1.54) is 0 Å². The highest BCUT2D eigenvalue weighted by atomic mass is 16.3. The predicted molar refractivity (Wildman–Crippen MR) is 27.8 cm³/mol. The molecule has 0 aliphatic heterocycles. The van der Waals surface area contributed by atoms with E-state index in [0.717, 1.165) is 19.3 Å². The van der Waals surface area contributed by atoms with Crippen molar-refractivity contribution in [2.24, 2.45) is 5.73 Å². The van der Waals surface area contributed by atoms with Gasteiger partial charge in [-0.2, -0.15) is 0 Å². The van der Waals surface area contributed by atoms with Crippen molar-refractivity contribution in [1.29, 1.82) is 0 Å². The van der Waals surface area contributed by atoms with Crippen molar-refractivity contribution in [3.63, 3.8) is 0 Å². The molecule has 1 unspecified atom stereocenters. The molecule has 0 radical (unpaired) electrons. The van der Waals surface area contributed by atoms with Crippen molar-refractivity contribution in [3.05, 3.63) is 0 Å². The lowest BCUT2D eigenvalue weighted by Crippen LogP contribution is -2.28. The van der Waals surface area contributed by atoms with Crippen LogP contribution in [0.1, 0.15) is 19.3 Å². The maximum Gasteiger partial charge on any atom is 0.0691 e. The van der Waals surface area contributed by atoms with Gasteiger partial charge in [0.2, 0.25) is 0 Å². The van der Waals surface area contributed by atoms with Crippen molar-refractivity contribution in [3.8, 4) is 0 Å². The Morgan fingerprint density at radius 3 is 2.29 bits per heavy atom. The molecule has 42 valence electrons. The molecular weight excluding hydrogens is 90.1 g/mol. The lowest BCUT2D eigenvalue weighted by Gasteiger charge is -2.04. The Labute approximate surface area is 43.3 Å². The van der Waals surface area contributed by atoms with Crippen LogP contribution in [0.5, 0.6) is 0 Å². The Hall–Kier alpha value is -0.0800. The van der Waals surface area contributed by atoms with E-state index in [1.807, 2.05) is 0 Å². The van der Waals surface area contributed by atoms with Gasteiger partial charge >= 0.3 is 0 Å². The third-order valence-electron chi connectivity index (χ3n) is 1.53. The Bertz CT molecular complexity index is 57.1. The summed E-state index contributed by atoms with van der Waals surface area (Å²) < 4.78 is 0. The highest BCUT2D eigenvalue weighted by Crippen LogP contribution is 2.15. The SMILES string of the molecule is N[C@@H]1CCCC1O. The summed E-state index contributed by atoms with van der Waals surface area (Å²) in [5, 5.41) is 8.87. The average molecular weight is 101 g/mol. The van der Waals surface area contributed by atoms with Crippen LogP contribution in [0.4, 0.5) is 0 Å². The zero-order valence-electron chi connectivity index (χ0n) is 4.30. The molecule has 2 atom stereocenters. The van der Waals surface area contributed by atoms with Crippen LogP contribution in [0.25, 0.3) is 0 Å². The monoisotopic (exact) mass is 101 g/mol. The van der Waals surface area contributed by atoms with Gasteiger partial charge in [-0.15, -0.1) is 0 Å². The first-order valence-electron chi connectivity index (χ1n) is 2.74. The molecule has 0 saturated heterocycles. The molecule has 2 heteroatoms. The van der Waals surface area contributed by atoms with Crippen LogP contribution < -0.4 is 5.73 Å². The van der Waals surface area contributed by atoms with Gasteiger partial charge in [0.15, 0.2) is 0 Å². The number of nitrogens with two attached hydrogens (primary N) is 1. The molecule has 1 saturated carbocycles. The second kappa shape index (κ2) is 1.80. The summed E-state index contributed by atoms with van der Waals surface area (Å²) in [6.45, 7) is 0. The molecular formula is C5H11NO. The fraction of sp³-hybridized carbons (Fsp3) is 1.00. The fourth-order valence-corrected chi connectivity index (χ4v) is 0.969. The molecule has 0 amide bonds. The van der Waals surface area contributed by atoms with E-state index in [2.05, 4.69) is 0 Å². The molecule has 0 heterocycles. The number of hydrogen-bond acceptors (Lipinski definition) is 2. The molecule has 0 bridgehead atoms. The van der Waals surface area contributed by atoms with E-state index in [-0.39, 0.29) is 12.1 Å². The van der Waals surface area contributed by atoms with E-state index in [9.17, 15) is 0 Å². The minimum atomic E-state index is -0.208. The van der Waals surface area contributed by atoms with E-state index >= 15 is 0 Å². The van der Waals surface area contributed by atoms with Crippen LogP contribution in [0.2, 0.25) is 0 Å². The largest absolute Gasteiger partial charge is 0.392 e. The summed E-state index contributed by atoms with van der Waals surface area (Å²) >= 11 is 0. The zero-order valence-corrected chi connectivity index (χ0v) is 4.30. The van der Waals surface area contributed by atoms with Gasteiger partial charge < -0.3 is 10.8 Å². The molecule has 0 aromatic rings. The van der Waals surface area contributed by atoms with E-state index in [1.54, 1.807) is 0 Å². The summed E-state index contributed by atoms with van der Waals surface area (Å²) in [5.41, 5.74) is 5.43. The van der Waals surface area contributed by atoms with E-state index in [4.69, 9.17) is 10.8 Å². The van der Waals surface area contributed by atoms with E-state index < -0.39 is 0 Å². The molecule has 2 nitrogen and oxygen atoms in total. The van der Waals surface area contributed by atoms with Gasteiger partial charge in [-0.25, -0.2) is 0 Å². The molecule has 0 aromatic carbocycles. The van der Waals surface area contributed by atoms with Crippen LogP contribution in [-0.4, -0.2) is 17.3 Å². The molecule has 3 N–H and O–H groups in total. The Morgan fingerprint density at radius 2 is 2.14 bits per heavy atom. The maximum absolute atomic E-state index is 8.87. The molecule has 1 fully saturated rings. The molecule has 1 rings (SSSR count). The smallest absolute Gasteiger partial charge is 0.0691 e. The van der Waals surface area contributed by atoms with Gasteiger partial charge in [-0.1, -0.05) is 0 Å². The summed E-state index contributed by atoms with van der Waals surface area (Å²) in [6.07, 6.45) is 2.80. The van der Waals surface area contributed by atoms with Crippen molar-refractivity contribution in [1.82, 2.24) is 0 Å². The lowest BCUT2D eigenvalue weighted by molar-refractivity contribution is 0.165. The van der Waals surface area contributed by atoms with E-state index in [0.29, 0.717) is 0 Å². The van der Waals surface area contributed by atoms with Gasteiger partial charge in [-0.05, 0) is 19.3 Å². The Morgan fingerprint density at radius 1 is 1.43 bits per heavy atom. The summed E-state index contributed by atoms with van der Waals surface area (Å²) in [6, 6.07) is 0.0694. The highest BCUT2D eigenvalue weighted by molar-refractivity contribution is 4.78. The van der Waals surface area contributed by atoms with Gasteiger partial charge in [0.05, 0.1) is 6.10 Å². The zero-order chi connectivity index (χ0) is 5.28. The average Bonchev–Trinajstić information content (AvgIpc) is 1.91. The Kier molecular flexibility index (Phi) is 1.30. The van der Waals surface area contributed by atoms with Crippen LogP contribution >= 0.6 is 0 Å². The number of aliphatic hydroxyl groups excluding tert-OH is 1. The number of hydrogen-bond donors (Lipinski definition) is 2. The first kappa shape index (κ1) is 5.06. The van der Waals surface area contributed by atoms with Crippen LogP contribution in [0.3, 0.4) is 0 Å². The van der Waals surface area contributed by atoms with Crippen molar-refractivity contribution >= 4 is 0 Å². The fourth-order valence-electron chi connectivity index (χ4n) is 0.969. The summed E-state index contributed by atoms with van der Waals surface area (Å²) in [4.78, 5) is 0. The van der Waals surface area contributed by atoms with Gasteiger partial charge in [0, 0.05) is 6.04 Å². The van der Waals surface area contributed by atoms with Crippen molar-refractivity contribution < 1.29 is 5.11 Å². The minimum Gasteiger partial charge on any atom is -0.392 e. The number of aliphatic hydroxyl groups is 1. The molecule has 7 heavy (non-hydrogen) atoms. The quantitative estimate of drug-likeness (QED) is 0.446. The molecule has 0 spiro atoms. The molecule has 1 aliphatic carbocycles. The first-order chi connectivity index (χ1) is 3.30. The predicted octanol–water partition coefficient (Wildman–Crippen LogP) is -0.142. The standard InChI is InChI=1S/C5H11NO/c6-4-2-1-3-5(4)7/h4-5,7H,1-3,6H2/t4-,5?/m1/s1. The lowest BCUT2D eigenvalue weighted by atomic mass is 10.2.